The first kappa shape index (κ1) is 23.0. The van der Waals surface area contributed by atoms with Gasteiger partial charge in [0.2, 0.25) is 0 Å². The number of hydrogen-bond donors (Lipinski definition) is 4. The molecule has 0 radical (unpaired) electrons. The number of nitrogens with one attached hydrogen (secondary N) is 2. The van der Waals surface area contributed by atoms with Gasteiger partial charge in [-0.3, -0.25) is 0 Å². The number of aromatic hydroxyl groups is 2. The average Bonchev–Trinajstić information content (AvgIpc) is 2.67. The van der Waals surface area contributed by atoms with E-state index in [0.717, 1.165) is 30.6 Å². The van der Waals surface area contributed by atoms with Crippen molar-refractivity contribution in [1.29, 1.82) is 0 Å². The maximum Gasteiger partial charge on any atom is 0.120 e. The van der Waals surface area contributed by atoms with Crippen LogP contribution in [-0.4, -0.2) is 23.3 Å². The second-order valence-corrected chi connectivity index (χ2v) is 4.96. The van der Waals surface area contributed by atoms with Crippen molar-refractivity contribution >= 4 is 0 Å². The zero-order valence-electron chi connectivity index (χ0n) is 16.0. The summed E-state index contributed by atoms with van der Waals surface area (Å²) in [5.41, 5.74) is 1.83. The van der Waals surface area contributed by atoms with E-state index in [1.807, 2.05) is 64.1 Å². The third-order valence-electron chi connectivity index (χ3n) is 3.32. The molecule has 0 aliphatic carbocycles. The molecule has 0 fully saturated rings. The molecule has 0 unspecified atom stereocenters. The Kier molecular flexibility index (Phi) is 14.2. The molecule has 0 amide bonds. The van der Waals surface area contributed by atoms with Crippen LogP contribution in [0.4, 0.5) is 0 Å². The van der Waals surface area contributed by atoms with Crippen molar-refractivity contribution in [2.75, 3.05) is 13.1 Å². The fourth-order valence-corrected chi connectivity index (χ4v) is 2.11. The molecule has 0 atom stereocenters. The third kappa shape index (κ3) is 9.75. The average molecular weight is 347 g/mol. The normalized spacial score (nSPS) is 9.44. The van der Waals surface area contributed by atoms with Crippen molar-refractivity contribution < 1.29 is 10.2 Å². The zero-order valence-corrected chi connectivity index (χ0v) is 16.0. The van der Waals surface area contributed by atoms with Gasteiger partial charge in [0, 0.05) is 24.2 Å². The summed E-state index contributed by atoms with van der Waals surface area (Å²) in [4.78, 5) is 0. The molecule has 2 rings (SSSR count). The van der Waals surface area contributed by atoms with Crippen LogP contribution in [0.25, 0.3) is 0 Å². The lowest BCUT2D eigenvalue weighted by molar-refractivity contribution is 0.462. The Morgan fingerprint density at radius 1 is 0.640 bits per heavy atom. The summed E-state index contributed by atoms with van der Waals surface area (Å²) in [6.07, 6.45) is 0.987. The summed E-state index contributed by atoms with van der Waals surface area (Å²) in [7, 11) is 0. The van der Waals surface area contributed by atoms with Gasteiger partial charge in [-0.15, -0.1) is 0 Å². The van der Waals surface area contributed by atoms with Crippen molar-refractivity contribution in [2.24, 2.45) is 0 Å². The van der Waals surface area contributed by atoms with Crippen molar-refractivity contribution in [1.82, 2.24) is 10.6 Å². The second kappa shape index (κ2) is 15.5. The van der Waals surface area contributed by atoms with Crippen molar-refractivity contribution in [2.45, 2.75) is 47.2 Å². The number of rotatable bonds is 8. The van der Waals surface area contributed by atoms with E-state index in [2.05, 4.69) is 10.6 Å². The van der Waals surface area contributed by atoms with Crippen molar-refractivity contribution in [3.8, 4) is 11.5 Å². The molecular formula is C21H34N2O2. The van der Waals surface area contributed by atoms with Gasteiger partial charge in [0.05, 0.1) is 0 Å². The van der Waals surface area contributed by atoms with Gasteiger partial charge in [-0.05, 0) is 31.6 Å². The minimum atomic E-state index is 0.336. The minimum absolute atomic E-state index is 0.336. The molecule has 0 saturated carbocycles. The first-order valence-electron chi connectivity index (χ1n) is 9.22. The number of phenols is 2. The third-order valence-corrected chi connectivity index (χ3v) is 3.32. The molecule has 0 aliphatic rings. The SMILES string of the molecule is CC.CC.Oc1ccccc1CNCCCNCc1ccccc1O. The van der Waals surface area contributed by atoms with Gasteiger partial charge in [0.1, 0.15) is 11.5 Å². The van der Waals surface area contributed by atoms with Crippen LogP contribution in [0.3, 0.4) is 0 Å². The van der Waals surface area contributed by atoms with Crippen LogP contribution in [0.2, 0.25) is 0 Å². The van der Waals surface area contributed by atoms with Gasteiger partial charge in [-0.2, -0.15) is 0 Å². The molecule has 0 saturated heterocycles. The Labute approximate surface area is 152 Å². The summed E-state index contributed by atoms with van der Waals surface area (Å²) < 4.78 is 0. The molecular weight excluding hydrogens is 312 g/mol. The van der Waals surface area contributed by atoms with Gasteiger partial charge >= 0.3 is 0 Å². The van der Waals surface area contributed by atoms with Crippen molar-refractivity contribution in [3.05, 3.63) is 59.7 Å². The van der Waals surface area contributed by atoms with Crippen LogP contribution >= 0.6 is 0 Å². The van der Waals surface area contributed by atoms with E-state index < -0.39 is 0 Å². The molecule has 0 spiro atoms. The highest BCUT2D eigenvalue weighted by Gasteiger charge is 1.99. The maximum atomic E-state index is 9.63. The quantitative estimate of drug-likeness (QED) is 0.534. The molecule has 4 heteroatoms. The molecule has 2 aromatic rings. The lowest BCUT2D eigenvalue weighted by Crippen LogP contribution is -2.21. The van der Waals surface area contributed by atoms with Gasteiger partial charge in [-0.25, -0.2) is 0 Å². The topological polar surface area (TPSA) is 64.5 Å². The van der Waals surface area contributed by atoms with Crippen LogP contribution in [-0.2, 0) is 13.1 Å². The van der Waals surface area contributed by atoms with Gasteiger partial charge in [0.25, 0.3) is 0 Å². The van der Waals surface area contributed by atoms with Crippen LogP contribution in [0, 0.1) is 0 Å². The van der Waals surface area contributed by atoms with E-state index in [1.54, 1.807) is 12.1 Å². The highest BCUT2D eigenvalue weighted by atomic mass is 16.3. The van der Waals surface area contributed by atoms with Crippen LogP contribution in [0.1, 0.15) is 45.2 Å². The van der Waals surface area contributed by atoms with E-state index in [1.165, 1.54) is 0 Å². The molecule has 0 aromatic heterocycles. The summed E-state index contributed by atoms with van der Waals surface area (Å²) in [6, 6.07) is 14.7. The Morgan fingerprint density at radius 2 is 1.00 bits per heavy atom. The zero-order chi connectivity index (χ0) is 18.9. The monoisotopic (exact) mass is 346 g/mol. The number of hydrogen-bond acceptors (Lipinski definition) is 4. The predicted octanol–water partition coefficient (Wildman–Crippen LogP) is 4.42. The molecule has 0 aliphatic heterocycles. The van der Waals surface area contributed by atoms with Gasteiger partial charge in [-0.1, -0.05) is 64.1 Å². The smallest absolute Gasteiger partial charge is 0.120 e. The van der Waals surface area contributed by atoms with Gasteiger partial charge < -0.3 is 20.8 Å². The number of para-hydroxylation sites is 2. The fourth-order valence-electron chi connectivity index (χ4n) is 2.11. The van der Waals surface area contributed by atoms with E-state index in [-0.39, 0.29) is 0 Å². The molecule has 0 bridgehead atoms. The summed E-state index contributed by atoms with van der Waals surface area (Å²) in [5.74, 6) is 0.672. The highest BCUT2D eigenvalue weighted by molar-refractivity contribution is 5.32. The number of benzene rings is 2. The predicted molar refractivity (Wildman–Crippen MR) is 107 cm³/mol. The number of phenolic OH excluding ortho intramolecular Hbond substituents is 2. The molecule has 4 nitrogen and oxygen atoms in total. The lowest BCUT2D eigenvalue weighted by Gasteiger charge is -2.08. The Morgan fingerprint density at radius 3 is 1.36 bits per heavy atom. The van der Waals surface area contributed by atoms with E-state index in [4.69, 9.17) is 0 Å². The van der Waals surface area contributed by atoms with E-state index >= 15 is 0 Å². The summed E-state index contributed by atoms with van der Waals surface area (Å²) in [6.45, 7) is 11.1. The van der Waals surface area contributed by atoms with Crippen LogP contribution < -0.4 is 10.6 Å². The Hall–Kier alpha value is -2.04. The summed E-state index contributed by atoms with van der Waals surface area (Å²) in [5, 5.41) is 25.9. The molecule has 25 heavy (non-hydrogen) atoms. The standard InChI is InChI=1S/C17H22N2O2.2C2H6/c20-16-8-3-1-6-14(16)12-18-10-5-11-19-13-15-7-2-4-9-17(15)21;2*1-2/h1-4,6-9,18-21H,5,10-13H2;2*1-2H3. The summed E-state index contributed by atoms with van der Waals surface area (Å²) >= 11 is 0. The molecule has 2 aromatic carbocycles. The van der Waals surface area contributed by atoms with E-state index in [9.17, 15) is 10.2 Å². The molecule has 4 N–H and O–H groups in total. The second-order valence-electron chi connectivity index (χ2n) is 4.96. The van der Waals surface area contributed by atoms with Crippen LogP contribution in [0.15, 0.2) is 48.5 Å². The fraction of sp³-hybridized carbons (Fsp3) is 0.429. The largest absolute Gasteiger partial charge is 0.508 e. The van der Waals surface area contributed by atoms with Gasteiger partial charge in [0.15, 0.2) is 0 Å². The maximum absolute atomic E-state index is 9.63. The Balaban J connectivity index is 0.00000134. The van der Waals surface area contributed by atoms with Crippen molar-refractivity contribution in [3.63, 3.8) is 0 Å². The first-order chi connectivity index (χ1) is 12.3. The minimum Gasteiger partial charge on any atom is -0.508 e. The lowest BCUT2D eigenvalue weighted by atomic mass is 10.2. The molecule has 140 valence electrons. The van der Waals surface area contributed by atoms with Crippen LogP contribution in [0.5, 0.6) is 11.5 Å². The molecule has 0 heterocycles. The first-order valence-corrected chi connectivity index (χ1v) is 9.22. The Bertz CT molecular complexity index is 510. The highest BCUT2D eigenvalue weighted by Crippen LogP contribution is 2.15. The van der Waals surface area contributed by atoms with E-state index in [0.29, 0.717) is 24.6 Å².